The molecule has 0 spiro atoms. The molecule has 2 fully saturated rings. The van der Waals surface area contributed by atoms with E-state index in [1.165, 1.54) is 0 Å². The summed E-state index contributed by atoms with van der Waals surface area (Å²) in [4.78, 5) is 7.29. The van der Waals surface area contributed by atoms with Crippen molar-refractivity contribution in [2.45, 2.75) is 65.0 Å². The van der Waals surface area contributed by atoms with E-state index in [0.29, 0.717) is 17.6 Å². The molecule has 0 unspecified atom stereocenters. The standard InChI is InChI=1S/C27H36FN5O/c1-5-19-15-22-18(3)25(24-14-17(2)32(4)31-24)27(30-26(22)23(28)16-19)33-10-6-20(7-11-33)29-21-8-12-34-13-9-21/h14-16,20-21,29H,5-13H2,1-4H3. The number of hydrogen-bond acceptors (Lipinski definition) is 5. The summed E-state index contributed by atoms with van der Waals surface area (Å²) in [5.74, 6) is 0.620. The Kier molecular flexibility index (Phi) is 6.58. The third kappa shape index (κ3) is 4.43. The van der Waals surface area contributed by atoms with Crippen molar-refractivity contribution in [3.63, 3.8) is 0 Å². The maximum absolute atomic E-state index is 15.2. The first-order valence-electron chi connectivity index (χ1n) is 12.7. The number of rotatable bonds is 5. The number of halogens is 1. The number of hydrogen-bond donors (Lipinski definition) is 1. The molecule has 0 radical (unpaired) electrons. The zero-order valence-electron chi connectivity index (χ0n) is 20.8. The molecule has 2 saturated heterocycles. The second kappa shape index (κ2) is 9.62. The molecule has 0 saturated carbocycles. The fourth-order valence-corrected chi connectivity index (χ4v) is 5.40. The van der Waals surface area contributed by atoms with E-state index in [1.807, 2.05) is 11.7 Å². The highest BCUT2D eigenvalue weighted by atomic mass is 19.1. The molecule has 182 valence electrons. The number of aromatic nitrogens is 3. The molecular weight excluding hydrogens is 429 g/mol. The number of nitrogens with one attached hydrogen (secondary N) is 1. The fraction of sp³-hybridized carbons (Fsp3) is 0.556. The van der Waals surface area contributed by atoms with Gasteiger partial charge in [0.15, 0.2) is 0 Å². The zero-order valence-corrected chi connectivity index (χ0v) is 20.8. The van der Waals surface area contributed by atoms with Gasteiger partial charge in [-0.2, -0.15) is 5.10 Å². The molecule has 2 aromatic heterocycles. The Morgan fingerprint density at radius 1 is 1.06 bits per heavy atom. The topological polar surface area (TPSA) is 55.2 Å². The Labute approximate surface area is 201 Å². The van der Waals surface area contributed by atoms with Crippen LogP contribution in [0.5, 0.6) is 0 Å². The van der Waals surface area contributed by atoms with Crippen LogP contribution in [0.1, 0.15) is 49.4 Å². The molecule has 2 aliphatic rings. The molecule has 2 aliphatic heterocycles. The highest BCUT2D eigenvalue weighted by Gasteiger charge is 2.28. The SMILES string of the molecule is CCc1cc(F)c2nc(N3CCC(NC4CCOCC4)CC3)c(-c3cc(C)n(C)n3)c(C)c2c1. The first kappa shape index (κ1) is 23.2. The number of benzene rings is 1. The van der Waals surface area contributed by atoms with E-state index in [-0.39, 0.29) is 5.82 Å². The van der Waals surface area contributed by atoms with E-state index < -0.39 is 0 Å². The van der Waals surface area contributed by atoms with Crippen LogP contribution >= 0.6 is 0 Å². The Morgan fingerprint density at radius 2 is 1.76 bits per heavy atom. The van der Waals surface area contributed by atoms with Crippen molar-refractivity contribution < 1.29 is 9.13 Å². The highest BCUT2D eigenvalue weighted by molar-refractivity contribution is 5.94. The normalized spacial score (nSPS) is 18.2. The van der Waals surface area contributed by atoms with Crippen LogP contribution < -0.4 is 10.2 Å². The van der Waals surface area contributed by atoms with Crippen LogP contribution in [0.25, 0.3) is 22.2 Å². The van der Waals surface area contributed by atoms with Crippen molar-refractivity contribution in [1.82, 2.24) is 20.1 Å². The van der Waals surface area contributed by atoms with E-state index in [2.05, 4.69) is 43.1 Å². The van der Waals surface area contributed by atoms with Gasteiger partial charge in [-0.15, -0.1) is 0 Å². The molecule has 34 heavy (non-hydrogen) atoms. The van der Waals surface area contributed by atoms with Crippen molar-refractivity contribution in [3.05, 3.63) is 40.8 Å². The van der Waals surface area contributed by atoms with Crippen molar-refractivity contribution in [3.8, 4) is 11.3 Å². The fourth-order valence-electron chi connectivity index (χ4n) is 5.40. The number of nitrogens with zero attached hydrogens (tertiary/aromatic N) is 4. The summed E-state index contributed by atoms with van der Waals surface area (Å²) in [6.45, 7) is 9.70. The summed E-state index contributed by atoms with van der Waals surface area (Å²) in [5, 5.41) is 9.52. The summed E-state index contributed by atoms with van der Waals surface area (Å²) >= 11 is 0. The van der Waals surface area contributed by atoms with Crippen LogP contribution in [0.3, 0.4) is 0 Å². The first-order valence-corrected chi connectivity index (χ1v) is 12.7. The highest BCUT2D eigenvalue weighted by Crippen LogP contribution is 2.38. The molecule has 0 aliphatic carbocycles. The Bertz CT molecular complexity index is 1160. The van der Waals surface area contributed by atoms with Gasteiger partial charge in [-0.05, 0) is 75.3 Å². The smallest absolute Gasteiger partial charge is 0.149 e. The molecule has 0 bridgehead atoms. The van der Waals surface area contributed by atoms with Gasteiger partial charge in [0.1, 0.15) is 17.2 Å². The van der Waals surface area contributed by atoms with Crippen LogP contribution in [0.2, 0.25) is 0 Å². The number of pyridine rings is 1. The first-order chi connectivity index (χ1) is 16.4. The van der Waals surface area contributed by atoms with Gasteiger partial charge < -0.3 is 15.0 Å². The monoisotopic (exact) mass is 465 g/mol. The summed E-state index contributed by atoms with van der Waals surface area (Å²) in [5.41, 5.74) is 5.53. The maximum atomic E-state index is 15.2. The van der Waals surface area contributed by atoms with Crippen molar-refractivity contribution in [1.29, 1.82) is 0 Å². The lowest BCUT2D eigenvalue weighted by Gasteiger charge is -2.37. The Hall–Kier alpha value is -2.51. The largest absolute Gasteiger partial charge is 0.381 e. The molecule has 0 atom stereocenters. The van der Waals surface area contributed by atoms with Crippen LogP contribution in [0.4, 0.5) is 10.2 Å². The number of piperidine rings is 1. The van der Waals surface area contributed by atoms with Gasteiger partial charge >= 0.3 is 0 Å². The quantitative estimate of drug-likeness (QED) is 0.592. The van der Waals surface area contributed by atoms with E-state index >= 15 is 4.39 Å². The minimum atomic E-state index is -0.237. The minimum absolute atomic E-state index is 0.237. The van der Waals surface area contributed by atoms with E-state index in [4.69, 9.17) is 14.8 Å². The molecule has 0 amide bonds. The van der Waals surface area contributed by atoms with Crippen LogP contribution in [-0.2, 0) is 18.2 Å². The lowest BCUT2D eigenvalue weighted by atomic mass is 9.96. The molecular formula is C27H36FN5O. The molecule has 4 heterocycles. The maximum Gasteiger partial charge on any atom is 0.149 e. The molecule has 7 heteroatoms. The van der Waals surface area contributed by atoms with Gasteiger partial charge in [-0.3, -0.25) is 4.68 Å². The van der Waals surface area contributed by atoms with Gasteiger partial charge in [0, 0.05) is 62.1 Å². The van der Waals surface area contributed by atoms with Crippen molar-refractivity contribution in [2.24, 2.45) is 7.05 Å². The molecule has 3 aromatic rings. The lowest BCUT2D eigenvalue weighted by molar-refractivity contribution is 0.0738. The summed E-state index contributed by atoms with van der Waals surface area (Å²) in [7, 11) is 1.96. The number of anilines is 1. The van der Waals surface area contributed by atoms with Crippen molar-refractivity contribution in [2.75, 3.05) is 31.2 Å². The minimum Gasteiger partial charge on any atom is -0.381 e. The Balaban J connectivity index is 1.50. The average Bonchev–Trinajstić information content (AvgIpc) is 3.18. The zero-order chi connectivity index (χ0) is 23.8. The van der Waals surface area contributed by atoms with Gasteiger partial charge in [-0.25, -0.2) is 9.37 Å². The number of aryl methyl sites for hydroxylation is 4. The van der Waals surface area contributed by atoms with Crippen LogP contribution in [-0.4, -0.2) is 53.2 Å². The molecule has 1 aromatic carbocycles. The molecule has 6 nitrogen and oxygen atoms in total. The predicted molar refractivity (Wildman–Crippen MR) is 135 cm³/mol. The van der Waals surface area contributed by atoms with E-state index in [9.17, 15) is 0 Å². The van der Waals surface area contributed by atoms with Crippen molar-refractivity contribution >= 4 is 16.7 Å². The lowest BCUT2D eigenvalue weighted by Crippen LogP contribution is -2.48. The van der Waals surface area contributed by atoms with E-state index in [0.717, 1.165) is 97.7 Å². The molecule has 1 N–H and O–H groups in total. The third-order valence-electron chi connectivity index (χ3n) is 7.61. The average molecular weight is 466 g/mol. The summed E-state index contributed by atoms with van der Waals surface area (Å²) in [6.07, 6.45) is 5.07. The number of fused-ring (bicyclic) bond motifs is 1. The Morgan fingerprint density at radius 3 is 2.41 bits per heavy atom. The van der Waals surface area contributed by atoms with Crippen LogP contribution in [0, 0.1) is 19.7 Å². The molecule has 5 rings (SSSR count). The van der Waals surface area contributed by atoms with Gasteiger partial charge in [0.25, 0.3) is 0 Å². The second-order valence-electron chi connectivity index (χ2n) is 9.87. The van der Waals surface area contributed by atoms with Gasteiger partial charge in [0.2, 0.25) is 0 Å². The summed E-state index contributed by atoms with van der Waals surface area (Å²) in [6, 6.07) is 6.89. The number of ether oxygens (including phenoxy) is 1. The van der Waals surface area contributed by atoms with Gasteiger partial charge in [-0.1, -0.05) is 6.92 Å². The third-order valence-corrected chi connectivity index (χ3v) is 7.61. The van der Waals surface area contributed by atoms with E-state index in [1.54, 1.807) is 6.07 Å². The summed E-state index contributed by atoms with van der Waals surface area (Å²) < 4.78 is 22.6. The van der Waals surface area contributed by atoms with Gasteiger partial charge in [0.05, 0.1) is 5.69 Å². The van der Waals surface area contributed by atoms with Crippen LogP contribution in [0.15, 0.2) is 18.2 Å². The predicted octanol–water partition coefficient (Wildman–Crippen LogP) is 4.69. The second-order valence-corrected chi connectivity index (χ2v) is 9.87.